The van der Waals surface area contributed by atoms with E-state index in [-0.39, 0.29) is 18.3 Å². The van der Waals surface area contributed by atoms with Gasteiger partial charge in [-0.25, -0.2) is 0 Å². The number of hydrogen-bond donors (Lipinski definition) is 1. The van der Waals surface area contributed by atoms with Gasteiger partial charge in [0, 0.05) is 6.54 Å². The van der Waals surface area contributed by atoms with Crippen LogP contribution in [0.25, 0.3) is 0 Å². The number of nitrogens with one attached hydrogen (secondary N) is 1. The second-order valence-electron chi connectivity index (χ2n) is 6.13. The van der Waals surface area contributed by atoms with E-state index in [1.165, 1.54) is 0 Å². The van der Waals surface area contributed by atoms with Crippen LogP contribution < -0.4 is 5.32 Å². The minimum atomic E-state index is -0.672. The number of rotatable bonds is 4. The maximum Gasteiger partial charge on any atom is 0.256 e. The molecule has 2 aliphatic rings. The Bertz CT molecular complexity index is 388. The zero-order chi connectivity index (χ0) is 15.7. The standard InChI is InChI=1S/C14H25NO5S/c1-6-15-12(21)16-7-9-11(20-14(4,5)19-9)10-8-17-13(2,3)18-10/h9-11H,6-8H2,1-5H3,(H,15,21)/t9-,10+,11+/m0/s1. The normalized spacial score (nSPS) is 33.9. The fraction of sp³-hybridized carbons (Fsp3) is 0.929. The van der Waals surface area contributed by atoms with Crippen molar-refractivity contribution in [2.45, 2.75) is 64.5 Å². The Morgan fingerprint density at radius 3 is 2.48 bits per heavy atom. The van der Waals surface area contributed by atoms with Crippen LogP contribution in [0.4, 0.5) is 0 Å². The predicted molar refractivity (Wildman–Crippen MR) is 81.0 cm³/mol. The number of ether oxygens (including phenoxy) is 5. The van der Waals surface area contributed by atoms with Gasteiger partial charge >= 0.3 is 0 Å². The Balaban J connectivity index is 1.95. The second kappa shape index (κ2) is 6.34. The third kappa shape index (κ3) is 4.50. The van der Waals surface area contributed by atoms with Crippen LogP contribution in [0.3, 0.4) is 0 Å². The van der Waals surface area contributed by atoms with Gasteiger partial charge in [-0.3, -0.25) is 0 Å². The molecule has 0 amide bonds. The van der Waals surface area contributed by atoms with Gasteiger partial charge in [-0.2, -0.15) is 0 Å². The first-order chi connectivity index (χ1) is 9.72. The van der Waals surface area contributed by atoms with Gasteiger partial charge in [-0.05, 0) is 46.8 Å². The van der Waals surface area contributed by atoms with Crippen molar-refractivity contribution in [1.82, 2.24) is 5.32 Å². The topological polar surface area (TPSA) is 58.2 Å². The molecule has 2 aliphatic heterocycles. The van der Waals surface area contributed by atoms with E-state index in [0.717, 1.165) is 6.54 Å². The average molecular weight is 319 g/mol. The smallest absolute Gasteiger partial charge is 0.256 e. The molecule has 2 rings (SSSR count). The zero-order valence-corrected chi connectivity index (χ0v) is 14.1. The van der Waals surface area contributed by atoms with Crippen molar-refractivity contribution in [1.29, 1.82) is 0 Å². The summed E-state index contributed by atoms with van der Waals surface area (Å²) >= 11 is 5.07. The first-order valence-electron chi connectivity index (χ1n) is 7.30. The third-order valence-electron chi connectivity index (χ3n) is 3.32. The van der Waals surface area contributed by atoms with E-state index >= 15 is 0 Å². The van der Waals surface area contributed by atoms with Crippen LogP contribution in [0, 0.1) is 0 Å². The molecular weight excluding hydrogens is 294 g/mol. The Morgan fingerprint density at radius 1 is 1.19 bits per heavy atom. The molecule has 122 valence electrons. The Morgan fingerprint density at radius 2 is 1.90 bits per heavy atom. The maximum absolute atomic E-state index is 5.96. The van der Waals surface area contributed by atoms with E-state index in [2.05, 4.69) is 5.32 Å². The van der Waals surface area contributed by atoms with E-state index < -0.39 is 11.6 Å². The number of thiocarbonyl (C=S) groups is 1. The van der Waals surface area contributed by atoms with Gasteiger partial charge < -0.3 is 29.0 Å². The highest BCUT2D eigenvalue weighted by Crippen LogP contribution is 2.35. The van der Waals surface area contributed by atoms with Gasteiger partial charge in [0.1, 0.15) is 24.9 Å². The molecule has 6 nitrogen and oxygen atoms in total. The van der Waals surface area contributed by atoms with Crippen LogP contribution in [0.2, 0.25) is 0 Å². The lowest BCUT2D eigenvalue weighted by Crippen LogP contribution is -2.41. The van der Waals surface area contributed by atoms with Crippen LogP contribution in [0.5, 0.6) is 0 Å². The lowest BCUT2D eigenvalue weighted by molar-refractivity contribution is -0.174. The molecule has 3 atom stereocenters. The lowest BCUT2D eigenvalue weighted by Gasteiger charge is -2.23. The number of hydrogen-bond acceptors (Lipinski definition) is 6. The van der Waals surface area contributed by atoms with Crippen molar-refractivity contribution in [2.24, 2.45) is 0 Å². The molecule has 0 aromatic rings. The van der Waals surface area contributed by atoms with Gasteiger partial charge in [0.05, 0.1) is 6.61 Å². The molecule has 2 fully saturated rings. The van der Waals surface area contributed by atoms with Crippen molar-refractivity contribution in [3.63, 3.8) is 0 Å². The molecule has 0 radical (unpaired) electrons. The zero-order valence-electron chi connectivity index (χ0n) is 13.3. The van der Waals surface area contributed by atoms with E-state index in [1.807, 2.05) is 34.6 Å². The minimum Gasteiger partial charge on any atom is -0.468 e. The maximum atomic E-state index is 5.96. The van der Waals surface area contributed by atoms with Gasteiger partial charge in [0.2, 0.25) is 0 Å². The summed E-state index contributed by atoms with van der Waals surface area (Å²) in [5.41, 5.74) is 0. The van der Waals surface area contributed by atoms with E-state index in [9.17, 15) is 0 Å². The van der Waals surface area contributed by atoms with Crippen LogP contribution in [0.15, 0.2) is 0 Å². The summed E-state index contributed by atoms with van der Waals surface area (Å²) < 4.78 is 28.9. The summed E-state index contributed by atoms with van der Waals surface area (Å²) in [6.07, 6.45) is -0.673. The Hall–Kier alpha value is -0.470. The lowest BCUT2D eigenvalue weighted by atomic mass is 10.1. The molecule has 0 unspecified atom stereocenters. The summed E-state index contributed by atoms with van der Waals surface area (Å²) in [4.78, 5) is 0. The van der Waals surface area contributed by atoms with Crippen molar-refractivity contribution < 1.29 is 23.7 Å². The molecule has 7 heteroatoms. The van der Waals surface area contributed by atoms with Crippen molar-refractivity contribution in [2.75, 3.05) is 19.8 Å². The first-order valence-corrected chi connectivity index (χ1v) is 7.71. The van der Waals surface area contributed by atoms with Crippen LogP contribution in [-0.2, 0) is 23.7 Å². The highest BCUT2D eigenvalue weighted by atomic mass is 32.1. The minimum absolute atomic E-state index is 0.178. The van der Waals surface area contributed by atoms with Crippen molar-refractivity contribution >= 4 is 17.4 Å². The Labute approximate surface area is 131 Å². The molecular formula is C14H25NO5S. The van der Waals surface area contributed by atoms with E-state index in [0.29, 0.717) is 18.4 Å². The monoisotopic (exact) mass is 319 g/mol. The molecule has 0 bridgehead atoms. The molecule has 0 saturated carbocycles. The van der Waals surface area contributed by atoms with Gasteiger partial charge in [-0.15, -0.1) is 0 Å². The van der Waals surface area contributed by atoms with Gasteiger partial charge in [0.15, 0.2) is 11.6 Å². The van der Waals surface area contributed by atoms with Crippen LogP contribution in [-0.4, -0.2) is 54.8 Å². The van der Waals surface area contributed by atoms with Crippen LogP contribution >= 0.6 is 12.2 Å². The van der Waals surface area contributed by atoms with Gasteiger partial charge in [-0.1, -0.05) is 0 Å². The SMILES string of the molecule is CCNC(=S)OC[C@@H]1OC(C)(C)O[C@H]1[C@H]1COC(C)(C)O1. The highest BCUT2D eigenvalue weighted by Gasteiger charge is 2.50. The summed E-state index contributed by atoms with van der Waals surface area (Å²) in [5.74, 6) is -1.26. The molecule has 0 aliphatic carbocycles. The highest BCUT2D eigenvalue weighted by molar-refractivity contribution is 7.80. The molecule has 2 saturated heterocycles. The average Bonchev–Trinajstić information content (AvgIpc) is 2.86. The largest absolute Gasteiger partial charge is 0.468 e. The molecule has 21 heavy (non-hydrogen) atoms. The van der Waals surface area contributed by atoms with E-state index in [1.54, 1.807) is 0 Å². The first kappa shape index (κ1) is 16.9. The second-order valence-corrected chi connectivity index (χ2v) is 6.51. The summed E-state index contributed by atoms with van der Waals surface area (Å²) in [6, 6.07) is 0. The predicted octanol–water partition coefficient (Wildman–Crippen LogP) is 1.57. The third-order valence-corrected chi connectivity index (χ3v) is 3.58. The van der Waals surface area contributed by atoms with Crippen molar-refractivity contribution in [3.8, 4) is 0 Å². The summed E-state index contributed by atoms with van der Waals surface area (Å²) in [6.45, 7) is 11.0. The molecule has 2 heterocycles. The van der Waals surface area contributed by atoms with Gasteiger partial charge in [0.25, 0.3) is 5.17 Å². The molecule has 1 N–H and O–H groups in total. The fourth-order valence-electron chi connectivity index (χ4n) is 2.54. The van der Waals surface area contributed by atoms with Crippen molar-refractivity contribution in [3.05, 3.63) is 0 Å². The summed E-state index contributed by atoms with van der Waals surface area (Å²) in [5, 5.41) is 3.31. The molecule has 0 aromatic carbocycles. The quantitative estimate of drug-likeness (QED) is 0.789. The Kier molecular flexibility index (Phi) is 5.10. The van der Waals surface area contributed by atoms with E-state index in [4.69, 9.17) is 35.9 Å². The molecule has 0 aromatic heterocycles. The van der Waals surface area contributed by atoms with Crippen LogP contribution in [0.1, 0.15) is 34.6 Å². The fourth-order valence-corrected chi connectivity index (χ4v) is 2.75. The summed E-state index contributed by atoms with van der Waals surface area (Å²) in [7, 11) is 0. The molecule has 0 spiro atoms.